The highest BCUT2D eigenvalue weighted by Gasteiger charge is 2.39. The molecule has 0 radical (unpaired) electrons. The fourth-order valence-corrected chi connectivity index (χ4v) is 5.45. The van der Waals surface area contributed by atoms with Crippen molar-refractivity contribution in [2.24, 2.45) is 10.1 Å². The lowest BCUT2D eigenvalue weighted by Gasteiger charge is -2.25. The number of para-hydroxylation sites is 1. The maximum absolute atomic E-state index is 6.16. The Morgan fingerprint density at radius 2 is 1.64 bits per heavy atom. The number of aromatic nitrogens is 1. The van der Waals surface area contributed by atoms with Crippen molar-refractivity contribution in [3.05, 3.63) is 105 Å². The topological polar surface area (TPSA) is 51.4 Å². The predicted molar refractivity (Wildman–Crippen MR) is 133 cm³/mol. The molecule has 2 aliphatic rings. The first-order valence-corrected chi connectivity index (χ1v) is 11.6. The van der Waals surface area contributed by atoms with Crippen LogP contribution >= 0.6 is 23.6 Å². The summed E-state index contributed by atoms with van der Waals surface area (Å²) in [6, 6.07) is 28.0. The van der Waals surface area contributed by atoms with Crippen LogP contribution in [-0.4, -0.2) is 23.6 Å². The SMILES string of the molecule is COc1ccc(C2N=C3OC(c4ccccc4)=NN3c3c2sc(=S)n3-c2ccccc2)cc1. The molecule has 0 amide bonds. The third-order valence-electron chi connectivity index (χ3n) is 5.53. The molecule has 0 saturated heterocycles. The van der Waals surface area contributed by atoms with Crippen LogP contribution < -0.4 is 9.75 Å². The van der Waals surface area contributed by atoms with Crippen molar-refractivity contribution in [3.8, 4) is 11.4 Å². The molecule has 1 unspecified atom stereocenters. The number of aliphatic imine (C=N–C) groups is 1. The minimum absolute atomic E-state index is 0.265. The number of hydrogen-bond acceptors (Lipinski definition) is 7. The van der Waals surface area contributed by atoms with Crippen molar-refractivity contribution in [1.82, 2.24) is 4.57 Å². The van der Waals surface area contributed by atoms with Crippen LogP contribution in [0.1, 0.15) is 22.0 Å². The average Bonchev–Trinajstić information content (AvgIpc) is 3.45. The van der Waals surface area contributed by atoms with Crippen LogP contribution in [0.5, 0.6) is 5.75 Å². The molecule has 0 N–H and O–H groups in total. The summed E-state index contributed by atoms with van der Waals surface area (Å²) in [5.41, 5.74) is 2.88. The summed E-state index contributed by atoms with van der Waals surface area (Å²) in [5, 5.41) is 6.55. The second-order valence-corrected chi connectivity index (χ2v) is 9.17. The Labute approximate surface area is 199 Å². The highest BCUT2D eigenvalue weighted by atomic mass is 32.1. The standard InChI is InChI=1S/C25H18N4O2S2/c1-30-19-14-12-16(13-15-19)20-21-23(28(25(32)33-21)18-10-6-3-7-11-18)29-24(26-20)31-22(27-29)17-8-4-2-5-9-17/h2-15,20H,1H3. The van der Waals surface area contributed by atoms with Gasteiger partial charge in [-0.05, 0) is 54.2 Å². The van der Waals surface area contributed by atoms with Crippen molar-refractivity contribution >= 4 is 41.3 Å². The molecule has 33 heavy (non-hydrogen) atoms. The minimum atomic E-state index is -0.265. The number of hydrazone groups is 1. The number of fused-ring (bicyclic) bond motifs is 3. The molecular weight excluding hydrogens is 452 g/mol. The number of rotatable bonds is 4. The van der Waals surface area contributed by atoms with Crippen molar-refractivity contribution < 1.29 is 9.47 Å². The first-order valence-electron chi connectivity index (χ1n) is 10.4. The molecule has 1 aromatic heterocycles. The summed E-state index contributed by atoms with van der Waals surface area (Å²) in [6.45, 7) is 0. The Morgan fingerprint density at radius 1 is 0.939 bits per heavy atom. The van der Waals surface area contributed by atoms with Gasteiger partial charge in [-0.3, -0.25) is 4.57 Å². The molecule has 2 aliphatic heterocycles. The Kier molecular flexibility index (Phi) is 4.82. The zero-order valence-electron chi connectivity index (χ0n) is 17.6. The molecule has 0 spiro atoms. The summed E-state index contributed by atoms with van der Waals surface area (Å²) < 4.78 is 14.3. The lowest BCUT2D eigenvalue weighted by molar-refractivity contribution is 0.414. The fourth-order valence-electron chi connectivity index (χ4n) is 3.95. The van der Waals surface area contributed by atoms with Gasteiger partial charge in [-0.15, -0.1) is 16.4 Å². The largest absolute Gasteiger partial charge is 0.497 e. The quantitative estimate of drug-likeness (QED) is 0.347. The Hall–Kier alpha value is -3.75. The van der Waals surface area contributed by atoms with Crippen LogP contribution in [0.2, 0.25) is 0 Å². The van der Waals surface area contributed by atoms with Crippen molar-refractivity contribution in [3.63, 3.8) is 0 Å². The van der Waals surface area contributed by atoms with E-state index in [0.29, 0.717) is 11.9 Å². The zero-order chi connectivity index (χ0) is 22.4. The van der Waals surface area contributed by atoms with Gasteiger partial charge >= 0.3 is 6.02 Å². The van der Waals surface area contributed by atoms with Crippen LogP contribution in [0.15, 0.2) is 95.0 Å². The zero-order valence-corrected chi connectivity index (χ0v) is 19.2. The smallest absolute Gasteiger partial charge is 0.322 e. The number of ether oxygens (including phenoxy) is 2. The second-order valence-electron chi connectivity index (χ2n) is 7.50. The number of thiazole rings is 1. The molecule has 1 atom stereocenters. The Morgan fingerprint density at radius 3 is 2.33 bits per heavy atom. The van der Waals surface area contributed by atoms with Gasteiger partial charge in [0.15, 0.2) is 9.77 Å². The maximum atomic E-state index is 6.16. The third kappa shape index (κ3) is 3.35. The number of nitrogens with zero attached hydrogens (tertiary/aromatic N) is 4. The molecule has 8 heteroatoms. The lowest BCUT2D eigenvalue weighted by Crippen LogP contribution is -2.29. The molecular formula is C25H18N4O2S2. The predicted octanol–water partition coefficient (Wildman–Crippen LogP) is 5.93. The molecule has 6 nitrogen and oxygen atoms in total. The van der Waals surface area contributed by atoms with Gasteiger partial charge in [-0.2, -0.15) is 5.01 Å². The van der Waals surface area contributed by atoms with Gasteiger partial charge in [-0.25, -0.2) is 4.99 Å². The molecule has 6 rings (SSSR count). The fraction of sp³-hybridized carbons (Fsp3) is 0.0800. The van der Waals surface area contributed by atoms with Gasteiger partial charge in [0.05, 0.1) is 12.0 Å². The minimum Gasteiger partial charge on any atom is -0.497 e. The summed E-state index contributed by atoms with van der Waals surface area (Å²) in [4.78, 5) is 5.96. The molecule has 162 valence electrons. The van der Waals surface area contributed by atoms with Crippen LogP contribution in [0.25, 0.3) is 5.69 Å². The van der Waals surface area contributed by atoms with Crippen molar-refractivity contribution in [2.75, 3.05) is 12.1 Å². The summed E-state index contributed by atoms with van der Waals surface area (Å²) >= 11 is 7.37. The molecule has 4 aromatic rings. The maximum Gasteiger partial charge on any atom is 0.322 e. The van der Waals surface area contributed by atoms with Crippen LogP contribution in [0, 0.1) is 3.95 Å². The normalized spacial score (nSPS) is 16.4. The molecule has 3 heterocycles. The van der Waals surface area contributed by atoms with Gasteiger partial charge in [0.1, 0.15) is 11.8 Å². The van der Waals surface area contributed by atoms with Gasteiger partial charge in [0.2, 0.25) is 5.90 Å². The van der Waals surface area contributed by atoms with Gasteiger partial charge in [0, 0.05) is 11.3 Å². The molecule has 0 fully saturated rings. The third-order valence-corrected chi connectivity index (χ3v) is 6.94. The summed E-state index contributed by atoms with van der Waals surface area (Å²) in [6.07, 6.45) is 0. The van der Waals surface area contributed by atoms with Crippen molar-refractivity contribution in [1.29, 1.82) is 0 Å². The number of anilines is 1. The van der Waals surface area contributed by atoms with E-state index in [0.717, 1.165) is 37.2 Å². The first-order chi connectivity index (χ1) is 16.2. The highest BCUT2D eigenvalue weighted by Crippen LogP contribution is 2.45. The number of benzene rings is 3. The monoisotopic (exact) mass is 470 g/mol. The van der Waals surface area contributed by atoms with Crippen molar-refractivity contribution in [2.45, 2.75) is 6.04 Å². The van der Waals surface area contributed by atoms with E-state index < -0.39 is 0 Å². The Balaban J connectivity index is 1.55. The van der Waals surface area contributed by atoms with E-state index in [4.69, 9.17) is 31.8 Å². The van der Waals surface area contributed by atoms with Gasteiger partial charge in [0.25, 0.3) is 0 Å². The molecule has 0 aliphatic carbocycles. The van der Waals surface area contributed by atoms with Crippen LogP contribution in [-0.2, 0) is 4.74 Å². The molecule has 0 saturated carbocycles. The average molecular weight is 471 g/mol. The van der Waals surface area contributed by atoms with Gasteiger partial charge in [-0.1, -0.05) is 48.5 Å². The summed E-state index contributed by atoms with van der Waals surface area (Å²) in [7, 11) is 1.66. The lowest BCUT2D eigenvalue weighted by atomic mass is 10.0. The van der Waals surface area contributed by atoms with E-state index in [-0.39, 0.29) is 6.04 Å². The van der Waals surface area contributed by atoms with E-state index in [1.165, 1.54) is 0 Å². The van der Waals surface area contributed by atoms with E-state index >= 15 is 0 Å². The van der Waals surface area contributed by atoms with Gasteiger partial charge < -0.3 is 9.47 Å². The Bertz CT molecular complexity index is 1440. The number of hydrogen-bond donors (Lipinski definition) is 0. The van der Waals surface area contributed by atoms with Crippen LogP contribution in [0.3, 0.4) is 0 Å². The number of amidine groups is 1. The first kappa shape index (κ1) is 19.9. The highest BCUT2D eigenvalue weighted by molar-refractivity contribution is 7.73. The molecule has 3 aromatic carbocycles. The van der Waals surface area contributed by atoms with E-state index in [1.807, 2.05) is 89.5 Å². The second kappa shape index (κ2) is 7.99. The van der Waals surface area contributed by atoms with Crippen LogP contribution in [0.4, 0.5) is 5.82 Å². The molecule has 0 bridgehead atoms. The van der Waals surface area contributed by atoms with E-state index in [1.54, 1.807) is 23.5 Å². The van der Waals surface area contributed by atoms with E-state index in [2.05, 4.69) is 0 Å². The summed E-state index contributed by atoms with van der Waals surface area (Å²) in [5.74, 6) is 2.16. The number of methoxy groups -OCH3 is 1. The van der Waals surface area contributed by atoms with E-state index in [9.17, 15) is 0 Å².